The summed E-state index contributed by atoms with van der Waals surface area (Å²) < 4.78 is 4.27. The fourth-order valence-electron chi connectivity index (χ4n) is 1.54. The van der Waals surface area contributed by atoms with Crippen molar-refractivity contribution in [3.63, 3.8) is 0 Å². The second kappa shape index (κ2) is 3.23. The molecular weight excluding hydrogens is 192 g/mol. The first-order valence-electron chi connectivity index (χ1n) is 4.90. The zero-order chi connectivity index (χ0) is 11.1. The van der Waals surface area contributed by atoms with Gasteiger partial charge in [-0.05, 0) is 22.4 Å². The summed E-state index contributed by atoms with van der Waals surface area (Å²) in [4.78, 5) is 1.31. The van der Waals surface area contributed by atoms with E-state index in [0.29, 0.717) is 5.82 Å². The molecule has 1 rings (SSSR count). The van der Waals surface area contributed by atoms with Crippen LogP contribution in [0.2, 0.25) is 0 Å². The van der Waals surface area contributed by atoms with Gasteiger partial charge in [0.25, 0.3) is 0 Å². The molecule has 0 saturated carbocycles. The summed E-state index contributed by atoms with van der Waals surface area (Å²) in [6.45, 7) is 13.2. The zero-order valence-corrected chi connectivity index (χ0v) is 10.7. The highest BCUT2D eigenvalue weighted by molar-refractivity contribution is 7.06. The van der Waals surface area contributed by atoms with Gasteiger partial charge in [-0.3, -0.25) is 0 Å². The predicted octanol–water partition coefficient (Wildman–Crippen LogP) is 3.32. The van der Waals surface area contributed by atoms with Gasteiger partial charge in [0.15, 0.2) is 0 Å². The SMILES string of the molecule is CC(C)(C)c1snc(N)c1C(C)(C)C. The molecule has 0 aliphatic carbocycles. The van der Waals surface area contributed by atoms with Crippen molar-refractivity contribution in [2.75, 3.05) is 5.73 Å². The molecule has 0 aromatic carbocycles. The van der Waals surface area contributed by atoms with E-state index in [2.05, 4.69) is 45.9 Å². The molecule has 14 heavy (non-hydrogen) atoms. The third-order valence-corrected chi connectivity index (χ3v) is 3.44. The van der Waals surface area contributed by atoms with E-state index in [1.54, 1.807) is 0 Å². The molecule has 2 N–H and O–H groups in total. The van der Waals surface area contributed by atoms with Gasteiger partial charge < -0.3 is 5.73 Å². The molecule has 0 amide bonds. The Morgan fingerprint density at radius 3 is 1.79 bits per heavy atom. The molecule has 0 atom stereocenters. The minimum Gasteiger partial charge on any atom is -0.383 e. The Morgan fingerprint density at radius 1 is 1.00 bits per heavy atom. The van der Waals surface area contributed by atoms with Gasteiger partial charge in [0.2, 0.25) is 0 Å². The van der Waals surface area contributed by atoms with E-state index in [1.807, 2.05) is 0 Å². The maximum Gasteiger partial charge on any atom is 0.141 e. The molecule has 2 nitrogen and oxygen atoms in total. The zero-order valence-electron chi connectivity index (χ0n) is 9.93. The Kier molecular flexibility index (Phi) is 2.65. The standard InChI is InChI=1S/C11H20N2S/c1-10(2,3)7-8(11(4,5)6)14-13-9(7)12/h1-6H3,(H2,12,13). The summed E-state index contributed by atoms with van der Waals surface area (Å²) in [5.41, 5.74) is 7.36. The van der Waals surface area contributed by atoms with Gasteiger partial charge in [0.1, 0.15) is 5.82 Å². The highest BCUT2D eigenvalue weighted by Crippen LogP contribution is 2.39. The number of anilines is 1. The minimum absolute atomic E-state index is 0.0830. The topological polar surface area (TPSA) is 38.9 Å². The van der Waals surface area contributed by atoms with Crippen molar-refractivity contribution >= 4 is 17.4 Å². The van der Waals surface area contributed by atoms with Crippen LogP contribution in [0.4, 0.5) is 5.82 Å². The van der Waals surface area contributed by atoms with Crippen molar-refractivity contribution in [1.82, 2.24) is 4.37 Å². The molecule has 0 spiro atoms. The largest absolute Gasteiger partial charge is 0.383 e. The van der Waals surface area contributed by atoms with Crippen LogP contribution in [0.25, 0.3) is 0 Å². The van der Waals surface area contributed by atoms with E-state index in [9.17, 15) is 0 Å². The molecule has 80 valence electrons. The second-order valence-corrected chi connectivity index (χ2v) is 6.55. The molecule has 0 bridgehead atoms. The smallest absolute Gasteiger partial charge is 0.141 e. The molecule has 3 heteroatoms. The fraction of sp³-hybridized carbons (Fsp3) is 0.727. The van der Waals surface area contributed by atoms with Gasteiger partial charge in [-0.2, -0.15) is 4.37 Å². The van der Waals surface area contributed by atoms with E-state index in [1.165, 1.54) is 22.0 Å². The number of hydrogen-bond acceptors (Lipinski definition) is 3. The number of nitrogen functional groups attached to an aromatic ring is 1. The highest BCUT2D eigenvalue weighted by atomic mass is 32.1. The van der Waals surface area contributed by atoms with Crippen LogP contribution in [0.3, 0.4) is 0 Å². The van der Waals surface area contributed by atoms with E-state index in [4.69, 9.17) is 5.73 Å². The van der Waals surface area contributed by atoms with Gasteiger partial charge in [0.05, 0.1) is 0 Å². The number of nitrogens with two attached hydrogens (primary N) is 1. The summed E-state index contributed by atoms with van der Waals surface area (Å²) in [6.07, 6.45) is 0. The van der Waals surface area contributed by atoms with Crippen LogP contribution in [0.1, 0.15) is 52.0 Å². The molecule has 0 aliphatic heterocycles. The Bertz CT molecular complexity index is 326. The van der Waals surface area contributed by atoms with E-state index in [0.717, 1.165) is 0 Å². The Labute approximate surface area is 90.7 Å². The summed E-state index contributed by atoms with van der Waals surface area (Å²) >= 11 is 1.53. The molecule has 1 aromatic heterocycles. The van der Waals surface area contributed by atoms with Crippen LogP contribution < -0.4 is 5.73 Å². The van der Waals surface area contributed by atoms with E-state index < -0.39 is 0 Å². The second-order valence-electron chi connectivity index (χ2n) is 5.77. The predicted molar refractivity (Wildman–Crippen MR) is 63.9 cm³/mol. The lowest BCUT2D eigenvalue weighted by Crippen LogP contribution is -2.20. The maximum atomic E-state index is 5.92. The average Bonchev–Trinajstić information content (AvgIpc) is 2.27. The molecule has 0 fully saturated rings. The van der Waals surface area contributed by atoms with Crippen LogP contribution in [-0.4, -0.2) is 4.37 Å². The third-order valence-electron chi connectivity index (χ3n) is 2.15. The number of aromatic nitrogens is 1. The number of nitrogens with zero attached hydrogens (tertiary/aromatic N) is 1. The van der Waals surface area contributed by atoms with Crippen LogP contribution in [0.5, 0.6) is 0 Å². The average molecular weight is 212 g/mol. The van der Waals surface area contributed by atoms with Crippen molar-refractivity contribution in [1.29, 1.82) is 0 Å². The molecule has 0 saturated heterocycles. The minimum atomic E-state index is 0.0830. The third kappa shape index (κ3) is 2.08. The molecule has 0 unspecified atom stereocenters. The first kappa shape index (κ1) is 11.5. The quantitative estimate of drug-likeness (QED) is 0.716. The summed E-state index contributed by atoms with van der Waals surface area (Å²) in [7, 11) is 0. The molecule has 0 aliphatic rings. The van der Waals surface area contributed by atoms with Crippen LogP contribution in [-0.2, 0) is 10.8 Å². The Morgan fingerprint density at radius 2 is 1.50 bits per heavy atom. The van der Waals surface area contributed by atoms with Crippen molar-refractivity contribution in [3.8, 4) is 0 Å². The van der Waals surface area contributed by atoms with Gasteiger partial charge >= 0.3 is 0 Å². The van der Waals surface area contributed by atoms with Crippen molar-refractivity contribution in [3.05, 3.63) is 10.4 Å². The fourth-order valence-corrected chi connectivity index (χ4v) is 2.60. The van der Waals surface area contributed by atoms with Gasteiger partial charge in [0, 0.05) is 10.4 Å². The van der Waals surface area contributed by atoms with E-state index >= 15 is 0 Å². The molecule has 1 aromatic rings. The lowest BCUT2D eigenvalue weighted by molar-refractivity contribution is 0.543. The Balaban J connectivity index is 3.35. The number of rotatable bonds is 0. The monoisotopic (exact) mass is 212 g/mol. The molecule has 1 heterocycles. The van der Waals surface area contributed by atoms with Crippen molar-refractivity contribution in [2.45, 2.75) is 52.4 Å². The molecular formula is C11H20N2S. The number of hydrogen-bond donors (Lipinski definition) is 1. The van der Waals surface area contributed by atoms with Crippen LogP contribution >= 0.6 is 11.5 Å². The van der Waals surface area contributed by atoms with Gasteiger partial charge in [-0.15, -0.1) is 0 Å². The lowest BCUT2D eigenvalue weighted by Gasteiger charge is -2.25. The van der Waals surface area contributed by atoms with Gasteiger partial charge in [-0.25, -0.2) is 0 Å². The normalized spacial score (nSPS) is 13.3. The lowest BCUT2D eigenvalue weighted by atomic mass is 9.80. The molecule has 0 radical (unpaired) electrons. The Hall–Kier alpha value is -0.570. The van der Waals surface area contributed by atoms with Gasteiger partial charge in [-0.1, -0.05) is 41.5 Å². The first-order valence-corrected chi connectivity index (χ1v) is 5.67. The highest BCUT2D eigenvalue weighted by Gasteiger charge is 2.29. The summed E-state index contributed by atoms with van der Waals surface area (Å²) in [5.74, 6) is 0.701. The maximum absolute atomic E-state index is 5.92. The van der Waals surface area contributed by atoms with Crippen molar-refractivity contribution < 1.29 is 0 Å². The summed E-state index contributed by atoms with van der Waals surface area (Å²) in [6, 6.07) is 0. The first-order chi connectivity index (χ1) is 6.14. The van der Waals surface area contributed by atoms with Crippen LogP contribution in [0, 0.1) is 0 Å². The summed E-state index contributed by atoms with van der Waals surface area (Å²) in [5, 5.41) is 0. The van der Waals surface area contributed by atoms with Crippen molar-refractivity contribution in [2.24, 2.45) is 0 Å². The van der Waals surface area contributed by atoms with E-state index in [-0.39, 0.29) is 10.8 Å². The van der Waals surface area contributed by atoms with Crippen LogP contribution in [0.15, 0.2) is 0 Å².